The number of anilines is 1. The number of nitrogens with zero attached hydrogens (tertiary/aromatic N) is 2. The molecule has 0 atom stereocenters. The third-order valence-electron chi connectivity index (χ3n) is 4.29. The predicted octanol–water partition coefficient (Wildman–Crippen LogP) is 3.67. The Morgan fingerprint density at radius 3 is 2.62 bits per heavy atom. The second-order valence-corrected chi connectivity index (χ2v) is 6.11. The first kappa shape index (κ1) is 16.3. The highest BCUT2D eigenvalue weighted by molar-refractivity contribution is 5.97. The van der Waals surface area contributed by atoms with E-state index in [2.05, 4.69) is 10.4 Å². The summed E-state index contributed by atoms with van der Waals surface area (Å²) in [5, 5.41) is 7.05. The van der Waals surface area contributed by atoms with Gasteiger partial charge in [0, 0.05) is 18.2 Å². The van der Waals surface area contributed by atoms with Crippen molar-refractivity contribution in [2.45, 2.75) is 6.92 Å². The van der Waals surface area contributed by atoms with Gasteiger partial charge < -0.3 is 10.1 Å². The normalized spacial score (nSPS) is 13.2. The molecule has 1 aromatic heterocycles. The van der Waals surface area contributed by atoms with Crippen LogP contribution in [0.2, 0.25) is 0 Å². The number of carbonyl (C=O) groups excluding carboxylic acids is 1. The summed E-state index contributed by atoms with van der Waals surface area (Å²) in [5.74, 6) is -1.21. The van der Waals surface area contributed by atoms with E-state index in [9.17, 15) is 13.6 Å². The maximum atomic E-state index is 14.5. The van der Waals surface area contributed by atoms with E-state index in [-0.39, 0.29) is 29.8 Å². The Hall–Kier alpha value is -3.22. The molecule has 0 unspecified atom stereocenters. The van der Waals surface area contributed by atoms with Gasteiger partial charge in [0.15, 0.2) is 18.2 Å². The molecule has 2 heterocycles. The van der Waals surface area contributed by atoms with Crippen molar-refractivity contribution in [3.63, 3.8) is 0 Å². The number of hydrogen-bond donors (Lipinski definition) is 1. The van der Waals surface area contributed by atoms with E-state index < -0.39 is 5.82 Å². The number of rotatable bonds is 2. The molecule has 2 aromatic carbocycles. The molecule has 0 saturated heterocycles. The summed E-state index contributed by atoms with van der Waals surface area (Å²) in [7, 11) is 1.77. The Kier molecular flexibility index (Phi) is 3.72. The number of amides is 1. The molecular formula is C19H15F2N3O2. The Bertz CT molecular complexity index is 1030. The summed E-state index contributed by atoms with van der Waals surface area (Å²) in [6.45, 7) is 1.60. The lowest BCUT2D eigenvalue weighted by molar-refractivity contribution is -0.118. The highest BCUT2D eigenvalue weighted by Gasteiger charge is 2.24. The maximum Gasteiger partial charge on any atom is 0.262 e. The van der Waals surface area contributed by atoms with E-state index in [0.717, 1.165) is 11.3 Å². The van der Waals surface area contributed by atoms with Gasteiger partial charge >= 0.3 is 0 Å². The monoisotopic (exact) mass is 355 g/mol. The van der Waals surface area contributed by atoms with Crippen molar-refractivity contribution >= 4 is 11.6 Å². The number of ether oxygens (including phenoxy) is 1. The fourth-order valence-electron chi connectivity index (χ4n) is 3.24. The molecule has 1 aliphatic heterocycles. The van der Waals surface area contributed by atoms with Gasteiger partial charge in [0.2, 0.25) is 0 Å². The van der Waals surface area contributed by atoms with Gasteiger partial charge in [-0.2, -0.15) is 5.10 Å². The molecule has 7 heteroatoms. The quantitative estimate of drug-likeness (QED) is 0.763. The summed E-state index contributed by atoms with van der Waals surface area (Å²) in [6.07, 6.45) is 0. The first-order valence-electron chi connectivity index (χ1n) is 8.00. The molecule has 0 saturated carbocycles. The molecule has 3 aromatic rings. The Labute approximate surface area is 148 Å². The summed E-state index contributed by atoms with van der Waals surface area (Å²) < 4.78 is 34.6. The number of aromatic nitrogens is 2. The van der Waals surface area contributed by atoms with E-state index in [0.29, 0.717) is 16.8 Å². The average molecular weight is 355 g/mol. The average Bonchev–Trinajstić information content (AvgIpc) is 2.89. The molecule has 0 fully saturated rings. The second-order valence-electron chi connectivity index (χ2n) is 6.11. The van der Waals surface area contributed by atoms with Crippen molar-refractivity contribution in [2.24, 2.45) is 7.05 Å². The first-order valence-corrected chi connectivity index (χ1v) is 8.00. The zero-order chi connectivity index (χ0) is 18.4. The summed E-state index contributed by atoms with van der Waals surface area (Å²) in [5.41, 5.74) is 3.71. The molecule has 0 radical (unpaired) electrons. The van der Waals surface area contributed by atoms with E-state index in [4.69, 9.17) is 4.74 Å². The predicted molar refractivity (Wildman–Crippen MR) is 92.9 cm³/mol. The Morgan fingerprint density at radius 1 is 1.15 bits per heavy atom. The van der Waals surface area contributed by atoms with E-state index in [1.807, 2.05) is 6.92 Å². The minimum atomic E-state index is -0.564. The molecule has 4 rings (SSSR count). The van der Waals surface area contributed by atoms with Crippen LogP contribution < -0.4 is 10.1 Å². The van der Waals surface area contributed by atoms with Gasteiger partial charge in [-0.3, -0.25) is 9.48 Å². The van der Waals surface area contributed by atoms with Crippen LogP contribution in [0, 0.1) is 18.6 Å². The number of fused-ring (bicyclic) bond motifs is 1. The SMILES string of the molecule is Cc1nn(C)c(-c2ccc(F)cc2)c1-c1cc(F)c2c(c1)NC(=O)CO2. The largest absolute Gasteiger partial charge is 0.478 e. The molecular weight excluding hydrogens is 340 g/mol. The van der Waals surface area contributed by atoms with Gasteiger partial charge in [0.05, 0.1) is 17.1 Å². The number of benzene rings is 2. The lowest BCUT2D eigenvalue weighted by Crippen LogP contribution is -2.26. The molecule has 0 bridgehead atoms. The lowest BCUT2D eigenvalue weighted by Gasteiger charge is -2.19. The van der Waals surface area contributed by atoms with E-state index in [1.54, 1.807) is 29.9 Å². The van der Waals surface area contributed by atoms with Crippen LogP contribution in [0.15, 0.2) is 36.4 Å². The summed E-state index contributed by atoms with van der Waals surface area (Å²) in [6, 6.07) is 9.04. The molecule has 0 spiro atoms. The zero-order valence-corrected chi connectivity index (χ0v) is 14.1. The topological polar surface area (TPSA) is 56.2 Å². The minimum Gasteiger partial charge on any atom is -0.478 e. The van der Waals surface area contributed by atoms with E-state index in [1.165, 1.54) is 18.2 Å². The van der Waals surface area contributed by atoms with Crippen LogP contribution in [0.25, 0.3) is 22.4 Å². The molecule has 132 valence electrons. The van der Waals surface area contributed by atoms with E-state index >= 15 is 0 Å². The lowest BCUT2D eigenvalue weighted by atomic mass is 9.98. The first-order chi connectivity index (χ1) is 12.4. The Morgan fingerprint density at radius 2 is 1.88 bits per heavy atom. The standard InChI is InChI=1S/C19H15F2N3O2/c1-10-17(18(24(2)23-10)11-3-5-13(20)6-4-11)12-7-14(21)19-15(8-12)22-16(25)9-26-19/h3-8H,9H2,1-2H3,(H,22,25). The smallest absolute Gasteiger partial charge is 0.262 e. The molecule has 5 nitrogen and oxygen atoms in total. The summed E-state index contributed by atoms with van der Waals surface area (Å²) >= 11 is 0. The van der Waals surface area contributed by atoms with Crippen LogP contribution in [0.5, 0.6) is 5.75 Å². The number of nitrogens with one attached hydrogen (secondary N) is 1. The van der Waals surface area contributed by atoms with Gasteiger partial charge in [0.25, 0.3) is 5.91 Å². The van der Waals surface area contributed by atoms with Crippen molar-refractivity contribution in [1.82, 2.24) is 9.78 Å². The van der Waals surface area contributed by atoms with Crippen LogP contribution in [0.4, 0.5) is 14.5 Å². The fraction of sp³-hybridized carbons (Fsp3) is 0.158. The van der Waals surface area contributed by atoms with Crippen molar-refractivity contribution in [3.05, 3.63) is 53.7 Å². The maximum absolute atomic E-state index is 14.5. The van der Waals surface area contributed by atoms with Crippen LogP contribution in [-0.4, -0.2) is 22.3 Å². The van der Waals surface area contributed by atoms with Crippen molar-refractivity contribution in [2.75, 3.05) is 11.9 Å². The van der Waals surface area contributed by atoms with Crippen molar-refractivity contribution < 1.29 is 18.3 Å². The molecule has 1 amide bonds. The van der Waals surface area contributed by atoms with Crippen LogP contribution in [0.1, 0.15) is 5.69 Å². The van der Waals surface area contributed by atoms with Gasteiger partial charge in [-0.05, 0) is 48.9 Å². The molecule has 0 aliphatic carbocycles. The molecule has 1 aliphatic rings. The van der Waals surface area contributed by atoms with Gasteiger partial charge in [0.1, 0.15) is 5.82 Å². The number of halogens is 2. The van der Waals surface area contributed by atoms with Gasteiger partial charge in [-0.15, -0.1) is 0 Å². The minimum absolute atomic E-state index is 0.0261. The van der Waals surface area contributed by atoms with Crippen LogP contribution in [-0.2, 0) is 11.8 Å². The third kappa shape index (κ3) is 2.61. The fourth-order valence-corrected chi connectivity index (χ4v) is 3.24. The van der Waals surface area contributed by atoms with Crippen LogP contribution >= 0.6 is 0 Å². The molecule has 1 N–H and O–H groups in total. The second kappa shape index (κ2) is 5.94. The Balaban J connectivity index is 1.92. The highest BCUT2D eigenvalue weighted by atomic mass is 19.1. The molecule has 26 heavy (non-hydrogen) atoms. The summed E-state index contributed by atoms with van der Waals surface area (Å²) in [4.78, 5) is 11.6. The van der Waals surface area contributed by atoms with Gasteiger partial charge in [-0.1, -0.05) is 0 Å². The third-order valence-corrected chi connectivity index (χ3v) is 4.29. The number of aryl methyl sites for hydroxylation is 2. The van der Waals surface area contributed by atoms with Crippen molar-refractivity contribution in [1.29, 1.82) is 0 Å². The van der Waals surface area contributed by atoms with Crippen LogP contribution in [0.3, 0.4) is 0 Å². The highest BCUT2D eigenvalue weighted by Crippen LogP contribution is 2.40. The number of carbonyl (C=O) groups is 1. The number of hydrogen-bond acceptors (Lipinski definition) is 3. The zero-order valence-electron chi connectivity index (χ0n) is 14.1. The van der Waals surface area contributed by atoms with Crippen molar-refractivity contribution in [3.8, 4) is 28.1 Å². The van der Waals surface area contributed by atoms with Gasteiger partial charge in [-0.25, -0.2) is 8.78 Å².